The molecule has 6 rings (SSSR count). The van der Waals surface area contributed by atoms with Gasteiger partial charge < -0.3 is 8.94 Å². The molecule has 0 N–H and O–H groups in total. The van der Waals surface area contributed by atoms with E-state index >= 15 is 4.39 Å². The summed E-state index contributed by atoms with van der Waals surface area (Å²) in [7, 11) is 0. The minimum absolute atomic E-state index is 0. The fourth-order valence-corrected chi connectivity index (χ4v) is 5.66. The first-order chi connectivity index (χ1) is 18.2. The molecule has 2 aliphatic carbocycles. The van der Waals surface area contributed by atoms with E-state index in [1.54, 1.807) is 19.9 Å². The number of hydrogen-bond acceptors (Lipinski definition) is 8. The molecule has 1 saturated carbocycles. The van der Waals surface area contributed by atoms with Crippen LogP contribution in [0.4, 0.5) is 4.39 Å². The normalized spacial score (nSPS) is 17.0. The van der Waals surface area contributed by atoms with Crippen molar-refractivity contribution in [2.24, 2.45) is 5.41 Å². The minimum atomic E-state index is -0.627. The summed E-state index contributed by atoms with van der Waals surface area (Å²) in [5, 5.41) is 11.7. The maximum Gasteiger partial charge on any atom is 0.284 e. The molecule has 4 aromatic rings. The number of rotatable bonds is 8. The Balaban J connectivity index is 0.00000308. The van der Waals surface area contributed by atoms with Crippen molar-refractivity contribution in [2.45, 2.75) is 58.3 Å². The number of benzene rings is 2. The number of ketones is 2. The minimum Gasteiger partial charge on any atom is -0.419 e. The second-order valence-corrected chi connectivity index (χ2v) is 10.7. The standard InChI is InChI=1S/C28H24ClFN4O4.H2S/c1-14-31-26(34-38-14)25-21(11-19(29)12-22(25)30)17-5-6-20-16(9-17)3-4-18(20)10-24(36)28(7-8-28)13-23(35)27-33-32-15(2)37-27;/h5-6,9,11-12,18H,3-4,7-8,10,13H2,1-2H3;1H2/t18-;/m1./s1. The molecule has 1 fully saturated rings. The molecule has 202 valence electrons. The molecule has 0 aliphatic heterocycles. The predicted molar refractivity (Wildman–Crippen MR) is 146 cm³/mol. The highest BCUT2D eigenvalue weighted by atomic mass is 35.5. The fourth-order valence-electron chi connectivity index (χ4n) is 5.45. The van der Waals surface area contributed by atoms with Crippen LogP contribution in [0.2, 0.25) is 5.02 Å². The van der Waals surface area contributed by atoms with Crippen LogP contribution >= 0.6 is 25.1 Å². The first kappa shape index (κ1) is 27.2. The number of fused-ring (bicyclic) bond motifs is 1. The number of aromatic nitrogens is 4. The van der Waals surface area contributed by atoms with E-state index in [2.05, 4.69) is 20.3 Å². The van der Waals surface area contributed by atoms with Crippen LogP contribution in [0.3, 0.4) is 0 Å². The van der Waals surface area contributed by atoms with Gasteiger partial charge in [-0.15, -0.1) is 10.2 Å². The lowest BCUT2D eigenvalue weighted by Crippen LogP contribution is -2.22. The van der Waals surface area contributed by atoms with E-state index in [1.807, 2.05) is 18.2 Å². The Morgan fingerprint density at radius 3 is 2.59 bits per heavy atom. The van der Waals surface area contributed by atoms with Gasteiger partial charge in [-0.25, -0.2) is 4.39 Å². The van der Waals surface area contributed by atoms with E-state index in [0.717, 1.165) is 29.5 Å². The van der Waals surface area contributed by atoms with Gasteiger partial charge in [0.1, 0.15) is 11.6 Å². The Morgan fingerprint density at radius 2 is 1.92 bits per heavy atom. The van der Waals surface area contributed by atoms with Gasteiger partial charge in [-0.05, 0) is 66.0 Å². The Labute approximate surface area is 235 Å². The number of aryl methyl sites for hydroxylation is 3. The van der Waals surface area contributed by atoms with Gasteiger partial charge in [0, 0.05) is 37.1 Å². The second kappa shape index (κ2) is 10.3. The third-order valence-corrected chi connectivity index (χ3v) is 7.82. The average Bonchev–Trinajstić information content (AvgIpc) is 3.17. The lowest BCUT2D eigenvalue weighted by Gasteiger charge is -2.17. The summed E-state index contributed by atoms with van der Waals surface area (Å²) >= 11 is 6.21. The highest BCUT2D eigenvalue weighted by Crippen LogP contribution is 2.53. The molecular weight excluding hydrogens is 543 g/mol. The molecule has 0 radical (unpaired) electrons. The Kier molecular flexibility index (Phi) is 7.19. The second-order valence-electron chi connectivity index (χ2n) is 10.2. The van der Waals surface area contributed by atoms with Crippen LogP contribution < -0.4 is 0 Å². The third kappa shape index (κ3) is 5.15. The number of carbonyl (C=O) groups is 2. The van der Waals surface area contributed by atoms with Crippen molar-refractivity contribution in [1.82, 2.24) is 20.3 Å². The zero-order valence-electron chi connectivity index (χ0n) is 21.4. The van der Waals surface area contributed by atoms with Crippen LogP contribution in [0.5, 0.6) is 0 Å². The van der Waals surface area contributed by atoms with Crippen LogP contribution in [0.1, 0.15) is 71.6 Å². The van der Waals surface area contributed by atoms with Crippen LogP contribution in [0.25, 0.3) is 22.5 Å². The maximum atomic E-state index is 15.0. The first-order valence-corrected chi connectivity index (χ1v) is 12.9. The summed E-state index contributed by atoms with van der Waals surface area (Å²) < 4.78 is 25.3. The van der Waals surface area contributed by atoms with Crippen molar-refractivity contribution in [3.63, 3.8) is 0 Å². The molecule has 1 atom stereocenters. The highest BCUT2D eigenvalue weighted by molar-refractivity contribution is 7.59. The molecule has 2 aliphatic rings. The smallest absolute Gasteiger partial charge is 0.284 e. The molecule has 11 heteroatoms. The molecule has 2 heterocycles. The van der Waals surface area contributed by atoms with Gasteiger partial charge in [-0.2, -0.15) is 18.5 Å². The number of carbonyl (C=O) groups excluding carboxylic acids is 2. The van der Waals surface area contributed by atoms with Crippen LogP contribution in [0.15, 0.2) is 39.3 Å². The lowest BCUT2D eigenvalue weighted by atomic mass is 9.85. The van der Waals surface area contributed by atoms with Gasteiger partial charge in [0.05, 0.1) is 5.56 Å². The predicted octanol–water partition coefficient (Wildman–Crippen LogP) is 6.35. The van der Waals surface area contributed by atoms with E-state index in [1.165, 1.54) is 6.07 Å². The molecule has 0 saturated heterocycles. The van der Waals surface area contributed by atoms with E-state index < -0.39 is 11.2 Å². The van der Waals surface area contributed by atoms with Crippen LogP contribution in [-0.4, -0.2) is 31.9 Å². The van der Waals surface area contributed by atoms with Gasteiger partial charge >= 0.3 is 0 Å². The molecule has 0 amide bonds. The first-order valence-electron chi connectivity index (χ1n) is 12.5. The molecule has 39 heavy (non-hydrogen) atoms. The third-order valence-electron chi connectivity index (χ3n) is 7.60. The van der Waals surface area contributed by atoms with Crippen molar-refractivity contribution < 1.29 is 22.9 Å². The number of halogens is 2. The fraction of sp³-hybridized carbons (Fsp3) is 0.357. The summed E-state index contributed by atoms with van der Waals surface area (Å²) in [6.45, 7) is 3.27. The molecule has 0 bridgehead atoms. The largest absolute Gasteiger partial charge is 0.419 e. The Bertz CT molecular complexity index is 1600. The maximum absolute atomic E-state index is 15.0. The molecule has 2 aromatic heterocycles. The van der Waals surface area contributed by atoms with E-state index in [0.29, 0.717) is 36.6 Å². The van der Waals surface area contributed by atoms with Crippen molar-refractivity contribution in [3.8, 4) is 22.5 Å². The quantitative estimate of drug-likeness (QED) is 0.226. The van der Waals surface area contributed by atoms with Crippen LogP contribution in [-0.2, 0) is 11.2 Å². The monoisotopic (exact) mass is 568 g/mol. The van der Waals surface area contributed by atoms with Gasteiger partial charge in [0.25, 0.3) is 5.89 Å². The number of nitrogens with zero attached hydrogens (tertiary/aromatic N) is 4. The summed E-state index contributed by atoms with van der Waals surface area (Å²) in [6, 6.07) is 8.88. The molecule has 0 unspecified atom stereocenters. The zero-order chi connectivity index (χ0) is 26.6. The zero-order valence-corrected chi connectivity index (χ0v) is 23.1. The Morgan fingerprint density at radius 1 is 1.13 bits per heavy atom. The summed E-state index contributed by atoms with van der Waals surface area (Å²) in [4.78, 5) is 30.1. The van der Waals surface area contributed by atoms with Crippen LogP contribution in [0, 0.1) is 25.1 Å². The number of Topliss-reactive ketones (excluding diaryl/α,β-unsaturated/α-hetero) is 2. The van der Waals surface area contributed by atoms with Gasteiger partial charge in [-0.1, -0.05) is 35.0 Å². The number of hydrogen-bond donors (Lipinski definition) is 0. The van der Waals surface area contributed by atoms with Gasteiger partial charge in [0.15, 0.2) is 0 Å². The topological polar surface area (TPSA) is 112 Å². The van der Waals surface area contributed by atoms with E-state index in [-0.39, 0.29) is 59.7 Å². The molecular formula is C28H26ClFN4O4S. The van der Waals surface area contributed by atoms with Crippen molar-refractivity contribution in [1.29, 1.82) is 0 Å². The lowest BCUT2D eigenvalue weighted by molar-refractivity contribution is -0.124. The molecule has 8 nitrogen and oxygen atoms in total. The average molecular weight is 569 g/mol. The molecule has 0 spiro atoms. The summed E-state index contributed by atoms with van der Waals surface area (Å²) in [5.41, 5.74) is 3.18. The summed E-state index contributed by atoms with van der Waals surface area (Å²) in [5.74, 6) is 0.154. The highest BCUT2D eigenvalue weighted by Gasteiger charge is 2.51. The van der Waals surface area contributed by atoms with Crippen molar-refractivity contribution in [2.75, 3.05) is 0 Å². The molecule has 2 aromatic carbocycles. The van der Waals surface area contributed by atoms with E-state index in [9.17, 15) is 9.59 Å². The Hall–Kier alpha value is -3.37. The van der Waals surface area contributed by atoms with Gasteiger partial charge in [0.2, 0.25) is 23.4 Å². The van der Waals surface area contributed by atoms with Crippen molar-refractivity contribution >= 4 is 36.7 Å². The summed E-state index contributed by atoms with van der Waals surface area (Å²) in [6.07, 6.45) is 3.50. The van der Waals surface area contributed by atoms with Crippen molar-refractivity contribution in [3.05, 3.63) is 70.0 Å². The van der Waals surface area contributed by atoms with Gasteiger partial charge in [-0.3, -0.25) is 9.59 Å². The SMILES string of the molecule is Cc1nc(-c2c(F)cc(Cl)cc2-c2ccc3c(c2)CC[C@@H]3CC(=O)C2(CC(=O)c3nnc(C)o3)CC2)no1.S. The van der Waals surface area contributed by atoms with E-state index in [4.69, 9.17) is 20.5 Å².